The Kier molecular flexibility index (Phi) is 3.30. The van der Waals surface area contributed by atoms with E-state index in [-0.39, 0.29) is 24.2 Å². The number of hydrogen-bond acceptors (Lipinski definition) is 2. The molecular formula is C14H19F2NO. The molecule has 18 heavy (non-hydrogen) atoms. The van der Waals surface area contributed by atoms with Crippen LogP contribution >= 0.6 is 0 Å². The fraction of sp³-hybridized carbons (Fsp3) is 0.643. The van der Waals surface area contributed by atoms with Crippen LogP contribution < -0.4 is 4.74 Å². The highest BCUT2D eigenvalue weighted by molar-refractivity contribution is 5.20. The van der Waals surface area contributed by atoms with E-state index < -0.39 is 5.92 Å². The maximum Gasteiger partial charge on any atom is 0.248 e. The van der Waals surface area contributed by atoms with Gasteiger partial charge in [0.15, 0.2) is 0 Å². The lowest BCUT2D eigenvalue weighted by Crippen LogP contribution is -2.38. The van der Waals surface area contributed by atoms with Crippen molar-refractivity contribution in [1.29, 1.82) is 0 Å². The highest BCUT2D eigenvalue weighted by Gasteiger charge is 2.45. The highest BCUT2D eigenvalue weighted by Crippen LogP contribution is 2.42. The van der Waals surface area contributed by atoms with E-state index in [1.54, 1.807) is 6.07 Å². The van der Waals surface area contributed by atoms with Gasteiger partial charge in [0.05, 0.1) is 6.61 Å². The lowest BCUT2D eigenvalue weighted by molar-refractivity contribution is -0.119. The molecule has 2 rings (SSSR count). The number of halogens is 2. The predicted octanol–water partition coefficient (Wildman–Crippen LogP) is 3.80. The lowest BCUT2D eigenvalue weighted by atomic mass is 9.82. The Morgan fingerprint density at radius 1 is 1.33 bits per heavy atom. The Balaban J connectivity index is 1.91. The molecule has 0 N–H and O–H groups in total. The van der Waals surface area contributed by atoms with Crippen LogP contribution in [-0.4, -0.2) is 17.5 Å². The van der Waals surface area contributed by atoms with Crippen molar-refractivity contribution in [3.63, 3.8) is 0 Å². The Labute approximate surface area is 106 Å². The number of alkyl halides is 2. The largest absolute Gasteiger partial charge is 0.477 e. The minimum Gasteiger partial charge on any atom is -0.477 e. The van der Waals surface area contributed by atoms with E-state index in [4.69, 9.17) is 4.74 Å². The molecule has 1 aliphatic carbocycles. The molecule has 0 saturated heterocycles. The van der Waals surface area contributed by atoms with Crippen LogP contribution in [0.3, 0.4) is 0 Å². The van der Waals surface area contributed by atoms with Crippen molar-refractivity contribution in [3.8, 4) is 5.88 Å². The SMILES string of the molecule is CC(C)(C)c1cccc(OCC2CC(F)(F)C2)n1. The van der Waals surface area contributed by atoms with E-state index in [1.165, 1.54) is 0 Å². The Morgan fingerprint density at radius 3 is 2.56 bits per heavy atom. The number of ether oxygens (including phenoxy) is 1. The number of nitrogens with zero attached hydrogens (tertiary/aromatic N) is 1. The summed E-state index contributed by atoms with van der Waals surface area (Å²) in [7, 11) is 0. The monoisotopic (exact) mass is 255 g/mol. The van der Waals surface area contributed by atoms with Gasteiger partial charge in [0.2, 0.25) is 11.8 Å². The van der Waals surface area contributed by atoms with Gasteiger partial charge in [-0.15, -0.1) is 0 Å². The van der Waals surface area contributed by atoms with Crippen molar-refractivity contribution in [2.24, 2.45) is 5.92 Å². The fourth-order valence-corrected chi connectivity index (χ4v) is 2.02. The van der Waals surface area contributed by atoms with E-state index >= 15 is 0 Å². The number of aromatic nitrogens is 1. The topological polar surface area (TPSA) is 22.1 Å². The van der Waals surface area contributed by atoms with Gasteiger partial charge in [-0.3, -0.25) is 0 Å². The van der Waals surface area contributed by atoms with Crippen LogP contribution in [-0.2, 0) is 5.41 Å². The van der Waals surface area contributed by atoms with Gasteiger partial charge in [-0.05, 0) is 6.07 Å². The number of pyridine rings is 1. The molecule has 2 nitrogen and oxygen atoms in total. The highest BCUT2D eigenvalue weighted by atomic mass is 19.3. The van der Waals surface area contributed by atoms with Crippen molar-refractivity contribution < 1.29 is 13.5 Å². The molecule has 1 fully saturated rings. The standard InChI is InChI=1S/C14H19F2NO/c1-13(2,3)11-5-4-6-12(17-11)18-9-10-7-14(15,16)8-10/h4-6,10H,7-9H2,1-3H3. The molecule has 1 aromatic heterocycles. The van der Waals surface area contributed by atoms with Crippen LogP contribution in [0.25, 0.3) is 0 Å². The summed E-state index contributed by atoms with van der Waals surface area (Å²) >= 11 is 0. The normalized spacial score (nSPS) is 19.4. The summed E-state index contributed by atoms with van der Waals surface area (Å²) in [6, 6.07) is 5.61. The van der Waals surface area contributed by atoms with Crippen LogP contribution in [0.15, 0.2) is 18.2 Å². The van der Waals surface area contributed by atoms with E-state index in [9.17, 15) is 8.78 Å². The third-order valence-electron chi connectivity index (χ3n) is 3.13. The van der Waals surface area contributed by atoms with Crippen LogP contribution in [0.1, 0.15) is 39.3 Å². The minimum absolute atomic E-state index is 0.0388. The van der Waals surface area contributed by atoms with E-state index in [0.717, 1.165) is 5.69 Å². The van der Waals surface area contributed by atoms with Gasteiger partial charge in [-0.1, -0.05) is 26.8 Å². The van der Waals surface area contributed by atoms with Crippen LogP contribution in [0, 0.1) is 5.92 Å². The fourth-order valence-electron chi connectivity index (χ4n) is 2.02. The van der Waals surface area contributed by atoms with Gasteiger partial charge < -0.3 is 4.74 Å². The van der Waals surface area contributed by atoms with Gasteiger partial charge in [-0.2, -0.15) is 0 Å². The molecule has 4 heteroatoms. The average molecular weight is 255 g/mol. The Hall–Kier alpha value is -1.19. The van der Waals surface area contributed by atoms with Gasteiger partial charge in [0, 0.05) is 35.9 Å². The zero-order chi connectivity index (χ0) is 13.4. The summed E-state index contributed by atoms with van der Waals surface area (Å²) in [5.74, 6) is -1.99. The van der Waals surface area contributed by atoms with Gasteiger partial charge in [0.1, 0.15) is 0 Å². The van der Waals surface area contributed by atoms with Crippen molar-refractivity contribution in [1.82, 2.24) is 4.98 Å². The molecule has 0 amide bonds. The van der Waals surface area contributed by atoms with Gasteiger partial charge in [0.25, 0.3) is 0 Å². The first-order valence-electron chi connectivity index (χ1n) is 6.24. The van der Waals surface area contributed by atoms with Crippen molar-refractivity contribution in [2.75, 3.05) is 6.61 Å². The third-order valence-corrected chi connectivity index (χ3v) is 3.13. The van der Waals surface area contributed by atoms with Gasteiger partial charge >= 0.3 is 0 Å². The molecule has 0 unspecified atom stereocenters. The molecule has 100 valence electrons. The zero-order valence-corrected chi connectivity index (χ0v) is 11.0. The summed E-state index contributed by atoms with van der Waals surface area (Å²) < 4.78 is 30.8. The minimum atomic E-state index is -2.48. The summed E-state index contributed by atoms with van der Waals surface area (Å²) in [5, 5.41) is 0. The van der Waals surface area contributed by atoms with Crippen molar-refractivity contribution >= 4 is 0 Å². The number of rotatable bonds is 3. The Morgan fingerprint density at radius 2 is 2.00 bits per heavy atom. The summed E-state index contributed by atoms with van der Waals surface area (Å²) in [5.41, 5.74) is 0.905. The second-order valence-corrected chi connectivity index (χ2v) is 6.05. The zero-order valence-electron chi connectivity index (χ0n) is 11.0. The molecule has 0 aliphatic heterocycles. The summed E-state index contributed by atoms with van der Waals surface area (Å²) in [6.07, 6.45) is -0.127. The average Bonchev–Trinajstić information content (AvgIpc) is 2.22. The van der Waals surface area contributed by atoms with E-state index in [0.29, 0.717) is 12.5 Å². The van der Waals surface area contributed by atoms with Gasteiger partial charge in [-0.25, -0.2) is 13.8 Å². The maximum atomic E-state index is 12.7. The number of hydrogen-bond donors (Lipinski definition) is 0. The molecule has 0 atom stereocenters. The predicted molar refractivity (Wildman–Crippen MR) is 66.1 cm³/mol. The second kappa shape index (κ2) is 4.48. The third kappa shape index (κ3) is 3.18. The van der Waals surface area contributed by atoms with Crippen LogP contribution in [0.2, 0.25) is 0 Å². The van der Waals surface area contributed by atoms with Crippen molar-refractivity contribution in [3.05, 3.63) is 23.9 Å². The van der Waals surface area contributed by atoms with Crippen molar-refractivity contribution in [2.45, 2.75) is 45.0 Å². The quantitative estimate of drug-likeness (QED) is 0.819. The first-order chi connectivity index (χ1) is 8.26. The molecule has 0 spiro atoms. The molecule has 0 bridgehead atoms. The molecule has 1 heterocycles. The Bertz CT molecular complexity index is 418. The first kappa shape index (κ1) is 13.2. The molecule has 1 saturated carbocycles. The molecular weight excluding hydrogens is 236 g/mol. The summed E-state index contributed by atoms with van der Waals surface area (Å²) in [6.45, 7) is 6.55. The molecule has 0 radical (unpaired) electrons. The molecule has 0 aromatic carbocycles. The second-order valence-electron chi connectivity index (χ2n) is 6.05. The smallest absolute Gasteiger partial charge is 0.248 e. The molecule has 1 aromatic rings. The van der Waals surface area contributed by atoms with E-state index in [1.807, 2.05) is 12.1 Å². The summed E-state index contributed by atoms with van der Waals surface area (Å²) in [4.78, 5) is 4.40. The maximum absolute atomic E-state index is 12.7. The van der Waals surface area contributed by atoms with Crippen LogP contribution in [0.4, 0.5) is 8.78 Å². The first-order valence-corrected chi connectivity index (χ1v) is 6.24. The lowest BCUT2D eigenvalue weighted by Gasteiger charge is -2.34. The molecule has 1 aliphatic rings. The van der Waals surface area contributed by atoms with E-state index in [2.05, 4.69) is 25.8 Å². The van der Waals surface area contributed by atoms with Crippen LogP contribution in [0.5, 0.6) is 5.88 Å².